The van der Waals surface area contributed by atoms with E-state index in [0.717, 1.165) is 10.9 Å². The Balaban J connectivity index is 2.25. The number of hydrogen-bond acceptors (Lipinski definition) is 0. The van der Waals surface area contributed by atoms with Crippen LogP contribution in [0.5, 0.6) is 0 Å². The van der Waals surface area contributed by atoms with Gasteiger partial charge in [-0.2, -0.15) is 0 Å². The zero-order valence-electron chi connectivity index (χ0n) is 8.02. The molecule has 0 unspecified atom stereocenters. The highest BCUT2D eigenvalue weighted by Crippen LogP contribution is 2.35. The van der Waals surface area contributed by atoms with Crippen LogP contribution in [-0.2, 0) is 0 Å². The smallest absolute Gasteiger partial charge is 0.0435 e. The van der Waals surface area contributed by atoms with Crippen LogP contribution in [0.4, 0.5) is 0 Å². The van der Waals surface area contributed by atoms with Gasteiger partial charge in [0.2, 0.25) is 0 Å². The quantitative estimate of drug-likeness (QED) is 0.625. The Labute approximate surface area is 84.9 Å². The van der Waals surface area contributed by atoms with Crippen molar-refractivity contribution in [2.24, 2.45) is 0 Å². The van der Waals surface area contributed by atoms with Crippen LogP contribution in [0.15, 0.2) is 18.2 Å². The first-order valence-corrected chi connectivity index (χ1v) is 5.41. The minimum absolute atomic E-state index is 0.802. The van der Waals surface area contributed by atoms with Crippen LogP contribution < -0.4 is 0 Å². The van der Waals surface area contributed by atoms with Gasteiger partial charge in [-0.3, -0.25) is 0 Å². The zero-order chi connectivity index (χ0) is 9.26. The lowest BCUT2D eigenvalue weighted by molar-refractivity contribution is 0.722. The molecule has 1 saturated carbocycles. The topological polar surface area (TPSA) is 0 Å². The van der Waals surface area contributed by atoms with Crippen molar-refractivity contribution in [3.05, 3.63) is 34.3 Å². The molecule has 1 aromatic carbocycles. The molecule has 0 radical (unpaired) electrons. The summed E-state index contributed by atoms with van der Waals surface area (Å²) in [5.74, 6) is 0.802. The number of benzene rings is 1. The van der Waals surface area contributed by atoms with Crippen molar-refractivity contribution in [1.29, 1.82) is 0 Å². The van der Waals surface area contributed by atoms with E-state index >= 15 is 0 Å². The Morgan fingerprint density at radius 3 is 2.54 bits per heavy atom. The lowest BCUT2D eigenvalue weighted by Crippen LogP contribution is -1.92. The molecule has 13 heavy (non-hydrogen) atoms. The lowest BCUT2D eigenvalue weighted by atomic mass is 9.96. The number of hydrogen-bond donors (Lipinski definition) is 0. The summed E-state index contributed by atoms with van der Waals surface area (Å²) in [5, 5.41) is 0.891. The molecule has 0 saturated heterocycles. The molecule has 1 aromatic rings. The Hall–Kier alpha value is -0.490. The van der Waals surface area contributed by atoms with E-state index in [9.17, 15) is 0 Å². The van der Waals surface area contributed by atoms with Crippen molar-refractivity contribution in [2.75, 3.05) is 0 Å². The van der Waals surface area contributed by atoms with Crippen LogP contribution >= 0.6 is 11.6 Å². The molecule has 0 nitrogen and oxygen atoms in total. The van der Waals surface area contributed by atoms with E-state index in [4.69, 9.17) is 11.6 Å². The van der Waals surface area contributed by atoms with Crippen molar-refractivity contribution in [2.45, 2.75) is 38.5 Å². The van der Waals surface area contributed by atoms with Gasteiger partial charge in [-0.15, -0.1) is 0 Å². The van der Waals surface area contributed by atoms with Gasteiger partial charge in [0, 0.05) is 5.02 Å². The van der Waals surface area contributed by atoms with Crippen molar-refractivity contribution in [3.63, 3.8) is 0 Å². The van der Waals surface area contributed by atoms with E-state index in [0.29, 0.717) is 0 Å². The average molecular weight is 195 g/mol. The highest BCUT2D eigenvalue weighted by molar-refractivity contribution is 6.31. The zero-order valence-corrected chi connectivity index (χ0v) is 8.77. The summed E-state index contributed by atoms with van der Waals surface area (Å²) < 4.78 is 0. The molecular weight excluding hydrogens is 180 g/mol. The van der Waals surface area contributed by atoms with Gasteiger partial charge in [-0.1, -0.05) is 36.6 Å². The van der Waals surface area contributed by atoms with Gasteiger partial charge < -0.3 is 0 Å². The van der Waals surface area contributed by atoms with Crippen molar-refractivity contribution in [1.82, 2.24) is 0 Å². The highest BCUT2D eigenvalue weighted by atomic mass is 35.5. The van der Waals surface area contributed by atoms with Crippen LogP contribution in [0.3, 0.4) is 0 Å². The van der Waals surface area contributed by atoms with Gasteiger partial charge in [-0.05, 0) is 42.9 Å². The molecule has 2 rings (SSSR count). The molecule has 1 aliphatic carbocycles. The van der Waals surface area contributed by atoms with Gasteiger partial charge in [-0.25, -0.2) is 0 Å². The molecule has 1 heteroatoms. The average Bonchev–Trinajstić information content (AvgIpc) is 2.62. The maximum absolute atomic E-state index is 5.99. The molecule has 70 valence electrons. The Kier molecular flexibility index (Phi) is 2.59. The summed E-state index contributed by atoms with van der Waals surface area (Å²) in [6.45, 7) is 2.08. The molecule has 0 bridgehead atoms. The van der Waals surface area contributed by atoms with E-state index in [2.05, 4.69) is 19.1 Å². The SMILES string of the molecule is Cc1cc(C2CCCC2)ccc1Cl. The molecule has 0 atom stereocenters. The van der Waals surface area contributed by atoms with Gasteiger partial charge in [0.25, 0.3) is 0 Å². The predicted molar refractivity (Wildman–Crippen MR) is 57.4 cm³/mol. The molecule has 0 spiro atoms. The second-order valence-electron chi connectivity index (χ2n) is 3.99. The number of rotatable bonds is 1. The maximum atomic E-state index is 5.99. The maximum Gasteiger partial charge on any atom is 0.0435 e. The van der Waals surface area contributed by atoms with Crippen LogP contribution in [0.2, 0.25) is 5.02 Å². The summed E-state index contributed by atoms with van der Waals surface area (Å²) in [6.07, 6.45) is 5.51. The Bertz CT molecular complexity index is 298. The van der Waals surface area contributed by atoms with Gasteiger partial charge >= 0.3 is 0 Å². The van der Waals surface area contributed by atoms with Crippen molar-refractivity contribution >= 4 is 11.6 Å². The van der Waals surface area contributed by atoms with Gasteiger partial charge in [0.15, 0.2) is 0 Å². The van der Waals surface area contributed by atoms with Crippen LogP contribution in [0.25, 0.3) is 0 Å². The lowest BCUT2D eigenvalue weighted by Gasteiger charge is -2.10. The van der Waals surface area contributed by atoms with E-state index in [1.807, 2.05) is 6.07 Å². The van der Waals surface area contributed by atoms with Crippen LogP contribution in [0.1, 0.15) is 42.7 Å². The number of aryl methyl sites for hydroxylation is 1. The number of halogens is 1. The Morgan fingerprint density at radius 1 is 1.23 bits per heavy atom. The van der Waals surface area contributed by atoms with Gasteiger partial charge in [0.05, 0.1) is 0 Å². The van der Waals surface area contributed by atoms with E-state index in [1.54, 1.807) is 0 Å². The second kappa shape index (κ2) is 3.71. The fourth-order valence-corrected chi connectivity index (χ4v) is 2.30. The van der Waals surface area contributed by atoms with Crippen molar-refractivity contribution < 1.29 is 0 Å². The minimum atomic E-state index is 0.802. The second-order valence-corrected chi connectivity index (χ2v) is 4.40. The summed E-state index contributed by atoms with van der Waals surface area (Å²) in [6, 6.07) is 6.47. The molecule has 0 amide bonds. The van der Waals surface area contributed by atoms with Crippen LogP contribution in [0, 0.1) is 6.92 Å². The summed E-state index contributed by atoms with van der Waals surface area (Å²) in [7, 11) is 0. The normalized spacial score (nSPS) is 18.0. The monoisotopic (exact) mass is 194 g/mol. The summed E-state index contributed by atoms with van der Waals surface area (Å²) >= 11 is 5.99. The molecule has 1 fully saturated rings. The third kappa shape index (κ3) is 1.88. The molecule has 0 N–H and O–H groups in total. The standard InChI is InChI=1S/C12H15Cl/c1-9-8-11(6-7-12(9)13)10-4-2-3-5-10/h6-8,10H,2-5H2,1H3. The molecule has 0 aliphatic heterocycles. The van der Waals surface area contributed by atoms with Crippen molar-refractivity contribution in [3.8, 4) is 0 Å². The van der Waals surface area contributed by atoms with E-state index in [-0.39, 0.29) is 0 Å². The van der Waals surface area contributed by atoms with Gasteiger partial charge in [0.1, 0.15) is 0 Å². The fourth-order valence-electron chi connectivity index (χ4n) is 2.18. The largest absolute Gasteiger partial charge is 0.0841 e. The van der Waals surface area contributed by atoms with Crippen LogP contribution in [-0.4, -0.2) is 0 Å². The molecular formula is C12H15Cl. The molecule has 0 aromatic heterocycles. The molecule has 0 heterocycles. The first kappa shape index (κ1) is 9.08. The predicted octanol–water partition coefficient (Wildman–Crippen LogP) is 4.31. The third-order valence-electron chi connectivity index (χ3n) is 3.01. The summed E-state index contributed by atoms with van der Waals surface area (Å²) in [5.41, 5.74) is 2.70. The fraction of sp³-hybridized carbons (Fsp3) is 0.500. The minimum Gasteiger partial charge on any atom is -0.0841 e. The Morgan fingerprint density at radius 2 is 1.92 bits per heavy atom. The molecule has 1 aliphatic rings. The first-order chi connectivity index (χ1) is 6.27. The summed E-state index contributed by atoms with van der Waals surface area (Å²) in [4.78, 5) is 0. The first-order valence-electron chi connectivity index (χ1n) is 5.03. The van der Waals surface area contributed by atoms with E-state index in [1.165, 1.54) is 36.8 Å². The highest BCUT2D eigenvalue weighted by Gasteiger charge is 2.16. The van der Waals surface area contributed by atoms with E-state index < -0.39 is 0 Å². The third-order valence-corrected chi connectivity index (χ3v) is 3.43.